The fraction of sp³-hybridized carbons (Fsp3) is 0.118. The maximum absolute atomic E-state index is 12.5. The van der Waals surface area contributed by atoms with Crippen molar-refractivity contribution in [1.82, 2.24) is 9.55 Å². The van der Waals surface area contributed by atoms with Crippen LogP contribution in [0, 0.1) is 0 Å². The summed E-state index contributed by atoms with van der Waals surface area (Å²) in [6.45, 7) is 2.40. The number of fused-ring (bicyclic) bond motifs is 1. The van der Waals surface area contributed by atoms with Crippen molar-refractivity contribution in [2.45, 2.75) is 13.5 Å². The van der Waals surface area contributed by atoms with Gasteiger partial charge in [-0.25, -0.2) is 10.4 Å². The largest absolute Gasteiger partial charge is 0.277 e. The summed E-state index contributed by atoms with van der Waals surface area (Å²) in [5, 5.41) is 5.43. The molecule has 0 fully saturated rings. The van der Waals surface area contributed by atoms with Gasteiger partial charge in [-0.3, -0.25) is 9.36 Å². The predicted molar refractivity (Wildman–Crippen MR) is 94.3 cm³/mol. The maximum Gasteiger partial charge on any atom is 0.262 e. The Hall–Kier alpha value is -2.66. The van der Waals surface area contributed by atoms with E-state index in [1.807, 2.05) is 37.3 Å². The van der Waals surface area contributed by atoms with E-state index < -0.39 is 0 Å². The van der Waals surface area contributed by atoms with Crippen molar-refractivity contribution in [3.63, 3.8) is 0 Å². The Morgan fingerprint density at radius 1 is 1.22 bits per heavy atom. The van der Waals surface area contributed by atoms with Gasteiger partial charge in [0.1, 0.15) is 0 Å². The Balaban J connectivity index is 1.93. The first-order chi connectivity index (χ1) is 11.2. The number of hydrogen-bond acceptors (Lipinski definition) is 4. The maximum atomic E-state index is 12.5. The highest BCUT2D eigenvalue weighted by molar-refractivity contribution is 6.30. The number of hydrazone groups is 1. The van der Waals surface area contributed by atoms with Gasteiger partial charge < -0.3 is 0 Å². The number of halogens is 1. The minimum atomic E-state index is -0.0812. The van der Waals surface area contributed by atoms with Crippen molar-refractivity contribution in [2.24, 2.45) is 5.10 Å². The molecule has 1 heterocycles. The molecule has 0 saturated carbocycles. The minimum absolute atomic E-state index is 0.0812. The van der Waals surface area contributed by atoms with Crippen LogP contribution < -0.4 is 11.0 Å². The van der Waals surface area contributed by atoms with Crippen LogP contribution in [0.2, 0.25) is 5.02 Å². The van der Waals surface area contributed by atoms with E-state index in [1.165, 1.54) is 0 Å². The lowest BCUT2D eigenvalue weighted by molar-refractivity contribution is 0.724. The van der Waals surface area contributed by atoms with E-state index in [9.17, 15) is 4.79 Å². The molecule has 2 aromatic carbocycles. The molecule has 0 spiro atoms. The van der Waals surface area contributed by atoms with E-state index in [0.717, 1.165) is 5.56 Å². The molecule has 0 bridgehead atoms. The third-order valence-electron chi connectivity index (χ3n) is 3.43. The zero-order valence-electron chi connectivity index (χ0n) is 12.5. The van der Waals surface area contributed by atoms with Gasteiger partial charge in [0, 0.05) is 11.6 Å². The lowest BCUT2D eigenvalue weighted by atomic mass is 10.2. The molecule has 23 heavy (non-hydrogen) atoms. The van der Waals surface area contributed by atoms with Crippen molar-refractivity contribution in [2.75, 3.05) is 5.43 Å². The summed E-state index contributed by atoms with van der Waals surface area (Å²) in [6, 6.07) is 14.6. The summed E-state index contributed by atoms with van der Waals surface area (Å²) in [4.78, 5) is 16.9. The number of nitrogens with zero attached hydrogens (tertiary/aromatic N) is 3. The molecular formula is C17H15ClN4O. The second-order valence-electron chi connectivity index (χ2n) is 4.92. The summed E-state index contributed by atoms with van der Waals surface area (Å²) in [7, 11) is 0. The van der Waals surface area contributed by atoms with E-state index >= 15 is 0 Å². The van der Waals surface area contributed by atoms with Crippen LogP contribution in [0.5, 0.6) is 0 Å². The third kappa shape index (κ3) is 3.24. The normalized spacial score (nSPS) is 11.2. The van der Waals surface area contributed by atoms with Crippen molar-refractivity contribution >= 4 is 34.7 Å². The molecule has 0 radical (unpaired) electrons. The van der Waals surface area contributed by atoms with Crippen LogP contribution in [-0.4, -0.2) is 15.8 Å². The standard InChI is InChI=1S/C17H15ClN4O/c1-2-22-16(23)14-5-3-4-6-15(14)20-17(22)21-19-11-12-7-9-13(18)10-8-12/h3-11H,2H2,1H3,(H,20,21)/b19-11-. The van der Waals surface area contributed by atoms with Crippen LogP contribution in [0.15, 0.2) is 58.4 Å². The first kappa shape index (κ1) is 15.2. The van der Waals surface area contributed by atoms with Gasteiger partial charge in [-0.15, -0.1) is 0 Å². The smallest absolute Gasteiger partial charge is 0.262 e. The molecule has 5 nitrogen and oxygen atoms in total. The molecule has 1 aromatic heterocycles. The topological polar surface area (TPSA) is 59.3 Å². The average molecular weight is 327 g/mol. The van der Waals surface area contributed by atoms with Crippen LogP contribution in [0.4, 0.5) is 5.95 Å². The first-order valence-corrected chi connectivity index (χ1v) is 7.61. The molecule has 1 N–H and O–H groups in total. The van der Waals surface area contributed by atoms with Crippen molar-refractivity contribution in [1.29, 1.82) is 0 Å². The second-order valence-corrected chi connectivity index (χ2v) is 5.36. The molecule has 0 aliphatic rings. The Morgan fingerprint density at radius 2 is 1.96 bits per heavy atom. The Labute approximate surface area is 138 Å². The van der Waals surface area contributed by atoms with Crippen LogP contribution >= 0.6 is 11.6 Å². The molecule has 0 atom stereocenters. The van der Waals surface area contributed by atoms with E-state index in [-0.39, 0.29) is 5.56 Å². The summed E-state index contributed by atoms with van der Waals surface area (Å²) in [5.41, 5.74) is 4.31. The van der Waals surface area contributed by atoms with Crippen LogP contribution in [0.3, 0.4) is 0 Å². The minimum Gasteiger partial charge on any atom is -0.277 e. The zero-order chi connectivity index (χ0) is 16.2. The Morgan fingerprint density at radius 3 is 2.70 bits per heavy atom. The molecule has 3 aromatic rings. The quantitative estimate of drug-likeness (QED) is 0.589. The number of rotatable bonds is 4. The van der Waals surface area contributed by atoms with Gasteiger partial charge in [0.25, 0.3) is 5.56 Å². The van der Waals surface area contributed by atoms with Crippen molar-refractivity contribution in [3.05, 3.63) is 69.5 Å². The highest BCUT2D eigenvalue weighted by Crippen LogP contribution is 2.11. The molecule has 0 amide bonds. The lowest BCUT2D eigenvalue weighted by Crippen LogP contribution is -2.23. The van der Waals surface area contributed by atoms with Crippen molar-refractivity contribution in [3.8, 4) is 0 Å². The highest BCUT2D eigenvalue weighted by atomic mass is 35.5. The van der Waals surface area contributed by atoms with Crippen LogP contribution in [0.1, 0.15) is 12.5 Å². The SMILES string of the molecule is CCn1c(N/N=C\c2ccc(Cl)cc2)nc2ccccc2c1=O. The Bertz CT molecular complexity index is 916. The second kappa shape index (κ2) is 6.62. The molecular weight excluding hydrogens is 312 g/mol. The fourth-order valence-electron chi connectivity index (χ4n) is 2.26. The van der Waals surface area contributed by atoms with Crippen LogP contribution in [0.25, 0.3) is 10.9 Å². The molecule has 0 aliphatic carbocycles. The highest BCUT2D eigenvalue weighted by Gasteiger charge is 2.08. The van der Waals surface area contributed by atoms with E-state index in [2.05, 4.69) is 15.5 Å². The number of anilines is 1. The average Bonchev–Trinajstić information content (AvgIpc) is 2.57. The number of nitrogens with one attached hydrogen (secondary N) is 1. The predicted octanol–water partition coefficient (Wildman–Crippen LogP) is 3.52. The number of hydrogen-bond donors (Lipinski definition) is 1. The fourth-order valence-corrected chi connectivity index (χ4v) is 2.39. The van der Waals surface area contributed by atoms with Gasteiger partial charge in [0.2, 0.25) is 5.95 Å². The van der Waals surface area contributed by atoms with Gasteiger partial charge >= 0.3 is 0 Å². The van der Waals surface area contributed by atoms with Crippen molar-refractivity contribution < 1.29 is 0 Å². The molecule has 0 unspecified atom stereocenters. The molecule has 116 valence electrons. The van der Waals surface area contributed by atoms with Gasteiger partial charge in [0.05, 0.1) is 17.1 Å². The molecule has 0 saturated heterocycles. The van der Waals surface area contributed by atoms with Gasteiger partial charge in [0.15, 0.2) is 0 Å². The number of para-hydroxylation sites is 1. The first-order valence-electron chi connectivity index (χ1n) is 7.23. The van der Waals surface area contributed by atoms with Gasteiger partial charge in [-0.1, -0.05) is 35.9 Å². The van der Waals surface area contributed by atoms with Gasteiger partial charge in [-0.2, -0.15) is 5.10 Å². The summed E-state index contributed by atoms with van der Waals surface area (Å²) in [5.74, 6) is 0.418. The molecule has 6 heteroatoms. The lowest BCUT2D eigenvalue weighted by Gasteiger charge is -2.10. The Kier molecular flexibility index (Phi) is 4.39. The zero-order valence-corrected chi connectivity index (χ0v) is 13.3. The third-order valence-corrected chi connectivity index (χ3v) is 3.68. The van der Waals surface area contributed by atoms with E-state index in [0.29, 0.717) is 28.4 Å². The molecule has 0 aliphatic heterocycles. The van der Waals surface area contributed by atoms with E-state index in [4.69, 9.17) is 11.6 Å². The summed E-state index contributed by atoms with van der Waals surface area (Å²) in [6.07, 6.45) is 1.65. The number of benzene rings is 2. The van der Waals surface area contributed by atoms with E-state index in [1.54, 1.807) is 29.0 Å². The van der Waals surface area contributed by atoms with Gasteiger partial charge in [-0.05, 0) is 36.8 Å². The summed E-state index contributed by atoms with van der Waals surface area (Å²) < 4.78 is 1.56. The van der Waals surface area contributed by atoms with Crippen LogP contribution in [-0.2, 0) is 6.54 Å². The molecule has 3 rings (SSSR count). The summed E-state index contributed by atoms with van der Waals surface area (Å²) >= 11 is 5.85. The monoisotopic (exact) mass is 326 g/mol. The number of aromatic nitrogens is 2.